The molecule has 4 aromatic carbocycles. The van der Waals surface area contributed by atoms with Crippen LogP contribution in [0.25, 0.3) is 40.1 Å². The van der Waals surface area contributed by atoms with Gasteiger partial charge in [0, 0.05) is 0 Å². The van der Waals surface area contributed by atoms with Gasteiger partial charge in [-0.25, -0.2) is 0 Å². The van der Waals surface area contributed by atoms with E-state index in [1.165, 1.54) is 55.8 Å². The van der Waals surface area contributed by atoms with Gasteiger partial charge in [-0.2, -0.15) is 0 Å². The number of halogens is 2. The van der Waals surface area contributed by atoms with E-state index in [0.29, 0.717) is 0 Å². The predicted molar refractivity (Wildman–Crippen MR) is 181 cm³/mol. The molecule has 0 aliphatic heterocycles. The topological polar surface area (TPSA) is 4.93 Å². The fourth-order valence-electron chi connectivity index (χ4n) is 7.41. The van der Waals surface area contributed by atoms with Crippen LogP contribution in [0.1, 0.15) is 36.4 Å². The molecule has 2 aliphatic rings. The van der Waals surface area contributed by atoms with Crippen molar-refractivity contribution in [2.75, 3.05) is 0 Å². The number of nitrogens with zero attached hydrogens (tertiary/aromatic N) is 1. The maximum absolute atomic E-state index is 8.53. The van der Waals surface area contributed by atoms with E-state index in [-0.39, 0.29) is 7.25 Å². The molecular weight excluding hydrogens is 649 g/mol. The molecule has 0 amide bonds. The number of fused-ring (bicyclic) bond motifs is 2. The zero-order valence-corrected chi connectivity index (χ0v) is 29.0. The molecule has 0 fully saturated rings. The molecule has 0 spiro atoms. The average Bonchev–Trinajstić information content (AvgIpc) is 3.75. The summed E-state index contributed by atoms with van der Waals surface area (Å²) >= 11 is -4.89. The first-order valence-electron chi connectivity index (χ1n) is 14.6. The molecule has 0 bridgehead atoms. The van der Waals surface area contributed by atoms with E-state index in [9.17, 15) is 0 Å². The van der Waals surface area contributed by atoms with Crippen LogP contribution in [0.2, 0.25) is 13.1 Å². The summed E-state index contributed by atoms with van der Waals surface area (Å²) in [4.78, 5) is 0. The molecular formula is C37H33Cl2NSiZr. The van der Waals surface area contributed by atoms with E-state index in [4.69, 9.17) is 17.0 Å². The summed E-state index contributed by atoms with van der Waals surface area (Å²) < 4.78 is 2.26. The molecule has 2 atom stereocenters. The molecule has 2 aliphatic carbocycles. The third-order valence-electron chi connectivity index (χ3n) is 9.40. The number of rotatable bonds is 5. The molecule has 1 nitrogen and oxygen atoms in total. The summed E-state index contributed by atoms with van der Waals surface area (Å²) in [6.07, 6.45) is 9.04. The number of aromatic nitrogens is 1. The van der Waals surface area contributed by atoms with Crippen molar-refractivity contribution in [3.8, 4) is 22.3 Å². The Balaban J connectivity index is 1.50. The Kier molecular flexibility index (Phi) is 7.02. The molecule has 5 aromatic rings. The fourth-order valence-corrected chi connectivity index (χ4v) is 36.3. The average molecular weight is 682 g/mol. The monoisotopic (exact) mass is 679 g/mol. The van der Waals surface area contributed by atoms with E-state index < -0.39 is 20.4 Å². The van der Waals surface area contributed by atoms with Crippen molar-refractivity contribution < 1.29 is 15.0 Å². The van der Waals surface area contributed by atoms with Gasteiger partial charge in [0.1, 0.15) is 0 Å². The Morgan fingerprint density at radius 1 is 0.595 bits per heavy atom. The van der Waals surface area contributed by atoms with E-state index in [2.05, 4.69) is 158 Å². The number of hydrogen-bond acceptors (Lipinski definition) is 0. The number of hydrogen-bond donors (Lipinski definition) is 0. The van der Waals surface area contributed by atoms with Crippen LogP contribution in [0, 0.1) is 0 Å². The molecule has 5 heteroatoms. The number of benzene rings is 4. The van der Waals surface area contributed by atoms with E-state index in [0.717, 1.165) is 0 Å². The first kappa shape index (κ1) is 28.1. The van der Waals surface area contributed by atoms with Crippen molar-refractivity contribution in [2.45, 2.75) is 27.3 Å². The Morgan fingerprint density at radius 3 is 1.62 bits per heavy atom. The molecule has 0 saturated heterocycles. The minimum absolute atomic E-state index is 0.0348. The van der Waals surface area contributed by atoms with Crippen molar-refractivity contribution >= 4 is 40.3 Å². The third-order valence-corrected chi connectivity index (χ3v) is 56.0. The van der Waals surface area contributed by atoms with Crippen LogP contribution >= 0.6 is 17.0 Å². The quantitative estimate of drug-likeness (QED) is 0.163. The van der Waals surface area contributed by atoms with Gasteiger partial charge in [-0.15, -0.1) is 0 Å². The Morgan fingerprint density at radius 2 is 1.10 bits per heavy atom. The first-order valence-corrected chi connectivity index (χ1v) is 29.9. The molecule has 0 saturated carbocycles. The van der Waals surface area contributed by atoms with Gasteiger partial charge in [-0.1, -0.05) is 0 Å². The molecule has 1 heterocycles. The van der Waals surface area contributed by atoms with Gasteiger partial charge in [0.15, 0.2) is 0 Å². The molecule has 0 radical (unpaired) electrons. The van der Waals surface area contributed by atoms with Gasteiger partial charge in [-0.3, -0.25) is 0 Å². The SMILES string of the molecule is CC1=Cc2c(-c3ccccc3)cccc2[CH]1[Zr]([Cl])([Cl])([CH]1C(n2cccc2)=Cc2c(-c3ccccc3)cccc21)=[Si](C)C. The summed E-state index contributed by atoms with van der Waals surface area (Å²) in [6.45, 7) is 7.00. The minimum atomic E-state index is -4.89. The Bertz CT molecular complexity index is 1960. The fraction of sp³-hybridized carbons (Fsp3) is 0.135. The molecule has 7 rings (SSSR count). The second-order valence-corrected chi connectivity index (χ2v) is 50.7. The molecule has 1 aromatic heterocycles. The molecule has 42 heavy (non-hydrogen) atoms. The van der Waals surface area contributed by atoms with Crippen LogP contribution in [0.4, 0.5) is 0 Å². The van der Waals surface area contributed by atoms with Gasteiger partial charge in [0.2, 0.25) is 0 Å². The van der Waals surface area contributed by atoms with Crippen LogP contribution in [0.5, 0.6) is 0 Å². The summed E-state index contributed by atoms with van der Waals surface area (Å²) in [7, 11) is 17.1. The molecule has 0 N–H and O–H groups in total. The second-order valence-electron chi connectivity index (χ2n) is 11.9. The van der Waals surface area contributed by atoms with Crippen LogP contribution in [-0.4, -0.2) is 10.0 Å². The van der Waals surface area contributed by atoms with E-state index >= 15 is 0 Å². The van der Waals surface area contributed by atoms with Crippen molar-refractivity contribution in [3.05, 3.63) is 149 Å². The normalized spacial score (nSPS) is 17.9. The first-order chi connectivity index (χ1) is 20.3. The summed E-state index contributed by atoms with van der Waals surface area (Å²) in [5, 5.41) is 0. The van der Waals surface area contributed by atoms with Crippen molar-refractivity contribution in [3.63, 3.8) is 0 Å². The Labute approximate surface area is 256 Å². The van der Waals surface area contributed by atoms with Crippen LogP contribution < -0.4 is 0 Å². The van der Waals surface area contributed by atoms with E-state index in [1.54, 1.807) is 0 Å². The second kappa shape index (κ2) is 10.5. The Hall–Kier alpha value is -2.68. The zero-order chi connectivity index (χ0) is 29.1. The van der Waals surface area contributed by atoms with Gasteiger partial charge in [-0.05, 0) is 0 Å². The maximum atomic E-state index is 8.53. The van der Waals surface area contributed by atoms with Crippen molar-refractivity contribution in [2.24, 2.45) is 0 Å². The van der Waals surface area contributed by atoms with Gasteiger partial charge < -0.3 is 0 Å². The third kappa shape index (κ3) is 4.20. The zero-order valence-electron chi connectivity index (χ0n) is 24.1. The standard InChI is InChI=1S/C19H14N.C16H13.C2H6Si.2ClH.Zr/c1-2-7-15(8-3-1)18-10-6-9-16-13-17(14-19(16)18)20-11-4-5-12-20;1-12-10-14-8-5-9-15(16(14)11-12)13-6-3-2-4-7-13;1-3-2;;;/h1-14H;2-11H,1H3;1-2H3;2*1H;/q;;;;;+2/p-2. The van der Waals surface area contributed by atoms with Gasteiger partial charge in [0.25, 0.3) is 0 Å². The predicted octanol–water partition coefficient (Wildman–Crippen LogP) is 11.3. The summed E-state index contributed by atoms with van der Waals surface area (Å²) in [5.74, 6) is 0. The molecule has 208 valence electrons. The summed E-state index contributed by atoms with van der Waals surface area (Å²) in [6, 6.07) is 39.0. The van der Waals surface area contributed by atoms with Crippen molar-refractivity contribution in [1.29, 1.82) is 0 Å². The van der Waals surface area contributed by atoms with Gasteiger partial charge >= 0.3 is 259 Å². The van der Waals surface area contributed by atoms with Crippen LogP contribution in [-0.2, 0) is 15.0 Å². The van der Waals surface area contributed by atoms with E-state index in [1.807, 2.05) is 0 Å². The summed E-state index contributed by atoms with van der Waals surface area (Å²) in [5.41, 5.74) is 11.4. The van der Waals surface area contributed by atoms with Crippen LogP contribution in [0.3, 0.4) is 0 Å². The number of allylic oxidation sites excluding steroid dienone is 2. The van der Waals surface area contributed by atoms with Gasteiger partial charge in [0.05, 0.1) is 0 Å². The molecule has 2 unspecified atom stereocenters. The van der Waals surface area contributed by atoms with Crippen molar-refractivity contribution in [1.82, 2.24) is 4.57 Å². The van der Waals surface area contributed by atoms with Crippen LogP contribution in [0.15, 0.2) is 127 Å².